The molecule has 0 aliphatic heterocycles. The van der Waals surface area contributed by atoms with E-state index in [0.717, 1.165) is 29.8 Å². The molecule has 4 heteroatoms. The lowest BCUT2D eigenvalue weighted by molar-refractivity contribution is 0.661. The fourth-order valence-electron chi connectivity index (χ4n) is 1.70. The summed E-state index contributed by atoms with van der Waals surface area (Å²) in [6.07, 6.45) is 2.80. The monoisotopic (exact) mass is 299 g/mol. The molecule has 0 N–H and O–H groups in total. The van der Waals surface area contributed by atoms with Crippen molar-refractivity contribution in [1.82, 2.24) is 9.97 Å². The summed E-state index contributed by atoms with van der Waals surface area (Å²) in [5.74, 6) is 1.49. The highest BCUT2D eigenvalue weighted by atomic mass is 79.9. The zero-order chi connectivity index (χ0) is 12.8. The lowest BCUT2D eigenvalue weighted by Gasteiger charge is -2.28. The number of aromatic nitrogens is 2. The quantitative estimate of drug-likeness (QED) is 0.752. The molecule has 0 unspecified atom stereocenters. The van der Waals surface area contributed by atoms with Gasteiger partial charge in [-0.2, -0.15) is 0 Å². The molecule has 0 saturated heterocycles. The van der Waals surface area contributed by atoms with Crippen LogP contribution in [0.3, 0.4) is 0 Å². The maximum atomic E-state index is 4.40. The van der Waals surface area contributed by atoms with Gasteiger partial charge in [0.1, 0.15) is 12.1 Å². The number of anilines is 1. The van der Waals surface area contributed by atoms with E-state index in [0.29, 0.717) is 12.0 Å². The Hall–Kier alpha value is -0.640. The third-order valence-electron chi connectivity index (χ3n) is 2.72. The first-order valence-corrected chi connectivity index (χ1v) is 7.33. The van der Waals surface area contributed by atoms with E-state index in [2.05, 4.69) is 64.6 Å². The van der Waals surface area contributed by atoms with Crippen LogP contribution in [0.15, 0.2) is 12.4 Å². The van der Waals surface area contributed by atoms with Crippen molar-refractivity contribution in [2.45, 2.75) is 46.1 Å². The van der Waals surface area contributed by atoms with E-state index in [-0.39, 0.29) is 0 Å². The molecule has 1 rings (SSSR count). The fourth-order valence-corrected chi connectivity index (χ4v) is 1.95. The van der Waals surface area contributed by atoms with Crippen LogP contribution in [0, 0.1) is 0 Å². The van der Waals surface area contributed by atoms with Crippen LogP contribution in [0.5, 0.6) is 0 Å². The van der Waals surface area contributed by atoms with Crippen molar-refractivity contribution in [3.05, 3.63) is 18.1 Å². The first-order chi connectivity index (χ1) is 8.06. The molecule has 0 bridgehead atoms. The topological polar surface area (TPSA) is 29.0 Å². The summed E-state index contributed by atoms with van der Waals surface area (Å²) in [6.45, 7) is 9.74. The molecule has 0 fully saturated rings. The van der Waals surface area contributed by atoms with Crippen LogP contribution in [0.1, 0.15) is 45.7 Å². The predicted molar refractivity (Wildman–Crippen MR) is 77.0 cm³/mol. The number of alkyl halides is 1. The van der Waals surface area contributed by atoms with Gasteiger partial charge in [-0.1, -0.05) is 29.8 Å². The molecular formula is C13H22BrN3. The zero-order valence-corrected chi connectivity index (χ0v) is 12.7. The summed E-state index contributed by atoms with van der Waals surface area (Å²) in [5.41, 5.74) is 1.11. The van der Waals surface area contributed by atoms with Gasteiger partial charge >= 0.3 is 0 Å². The second-order valence-electron chi connectivity index (χ2n) is 4.79. The van der Waals surface area contributed by atoms with E-state index >= 15 is 0 Å². The summed E-state index contributed by atoms with van der Waals surface area (Å²) in [6, 6.07) is 2.57. The van der Waals surface area contributed by atoms with Gasteiger partial charge in [-0.15, -0.1) is 0 Å². The first-order valence-electron chi connectivity index (χ1n) is 6.20. The van der Waals surface area contributed by atoms with Crippen LogP contribution in [0.4, 0.5) is 5.82 Å². The Morgan fingerprint density at radius 3 is 2.47 bits per heavy atom. The highest BCUT2D eigenvalue weighted by Gasteiger charge is 2.13. The van der Waals surface area contributed by atoms with Gasteiger partial charge in [0.15, 0.2) is 0 Å². The van der Waals surface area contributed by atoms with E-state index < -0.39 is 0 Å². The molecule has 96 valence electrons. The van der Waals surface area contributed by atoms with Crippen LogP contribution >= 0.6 is 15.9 Å². The molecule has 1 aromatic rings. The Labute approximate surface area is 113 Å². The molecule has 0 aliphatic rings. The Bertz CT molecular complexity index is 339. The SMILES string of the molecule is CC(C)c1cc(N(CCCBr)C(C)C)ncn1. The molecule has 0 radical (unpaired) electrons. The minimum absolute atomic E-state index is 0.446. The van der Waals surface area contributed by atoms with Crippen molar-refractivity contribution in [3.8, 4) is 0 Å². The molecule has 17 heavy (non-hydrogen) atoms. The third kappa shape index (κ3) is 4.26. The Morgan fingerprint density at radius 2 is 1.94 bits per heavy atom. The normalized spacial score (nSPS) is 11.2. The van der Waals surface area contributed by atoms with E-state index in [9.17, 15) is 0 Å². The van der Waals surface area contributed by atoms with Gasteiger partial charge < -0.3 is 4.90 Å². The standard InChI is InChI=1S/C13H22BrN3/c1-10(2)12-8-13(16-9-15-12)17(11(3)4)7-5-6-14/h8-11H,5-7H2,1-4H3. The van der Waals surface area contributed by atoms with Crippen LogP contribution in [0.25, 0.3) is 0 Å². The van der Waals surface area contributed by atoms with Gasteiger partial charge in [0.25, 0.3) is 0 Å². The summed E-state index contributed by atoms with van der Waals surface area (Å²) >= 11 is 3.48. The maximum absolute atomic E-state index is 4.40. The minimum atomic E-state index is 0.446. The molecule has 0 aliphatic carbocycles. The van der Waals surface area contributed by atoms with Crippen molar-refractivity contribution in [3.63, 3.8) is 0 Å². The highest BCUT2D eigenvalue weighted by Crippen LogP contribution is 2.19. The van der Waals surface area contributed by atoms with E-state index in [1.807, 2.05) is 0 Å². The Kier molecular flexibility index (Phi) is 5.89. The molecular weight excluding hydrogens is 278 g/mol. The summed E-state index contributed by atoms with van der Waals surface area (Å²) in [4.78, 5) is 11.0. The van der Waals surface area contributed by atoms with Crippen LogP contribution in [-0.2, 0) is 0 Å². The number of hydrogen-bond donors (Lipinski definition) is 0. The molecule has 3 nitrogen and oxygen atoms in total. The van der Waals surface area contributed by atoms with E-state index in [1.54, 1.807) is 6.33 Å². The van der Waals surface area contributed by atoms with E-state index in [4.69, 9.17) is 0 Å². The van der Waals surface area contributed by atoms with Crippen molar-refractivity contribution in [2.75, 3.05) is 16.8 Å². The second kappa shape index (κ2) is 6.94. The fraction of sp³-hybridized carbons (Fsp3) is 0.692. The molecule has 0 atom stereocenters. The smallest absolute Gasteiger partial charge is 0.132 e. The molecule has 0 amide bonds. The van der Waals surface area contributed by atoms with Gasteiger partial charge in [0.05, 0.1) is 0 Å². The summed E-state index contributed by atoms with van der Waals surface area (Å²) in [5, 5.41) is 1.03. The largest absolute Gasteiger partial charge is 0.354 e. The number of nitrogens with zero attached hydrogens (tertiary/aromatic N) is 3. The average molecular weight is 300 g/mol. The van der Waals surface area contributed by atoms with Crippen LogP contribution < -0.4 is 4.90 Å². The third-order valence-corrected chi connectivity index (χ3v) is 3.28. The van der Waals surface area contributed by atoms with Gasteiger partial charge in [-0.05, 0) is 26.2 Å². The highest BCUT2D eigenvalue weighted by molar-refractivity contribution is 9.09. The minimum Gasteiger partial charge on any atom is -0.354 e. The molecule has 1 heterocycles. The molecule has 0 aromatic carbocycles. The lowest BCUT2D eigenvalue weighted by Crippen LogP contribution is -2.32. The maximum Gasteiger partial charge on any atom is 0.132 e. The molecule has 0 spiro atoms. The van der Waals surface area contributed by atoms with Crippen molar-refractivity contribution in [1.29, 1.82) is 0 Å². The predicted octanol–water partition coefficient (Wildman–Crippen LogP) is 3.60. The average Bonchev–Trinajstić information content (AvgIpc) is 2.29. The molecule has 0 saturated carbocycles. The number of halogens is 1. The Balaban J connectivity index is 2.89. The van der Waals surface area contributed by atoms with Crippen LogP contribution in [0.2, 0.25) is 0 Å². The van der Waals surface area contributed by atoms with Gasteiger partial charge in [0.2, 0.25) is 0 Å². The number of rotatable bonds is 6. The van der Waals surface area contributed by atoms with Gasteiger partial charge in [0, 0.05) is 29.7 Å². The second-order valence-corrected chi connectivity index (χ2v) is 5.58. The van der Waals surface area contributed by atoms with Crippen LogP contribution in [-0.4, -0.2) is 27.9 Å². The Morgan fingerprint density at radius 1 is 1.24 bits per heavy atom. The van der Waals surface area contributed by atoms with Gasteiger partial charge in [-0.3, -0.25) is 0 Å². The number of hydrogen-bond acceptors (Lipinski definition) is 3. The first kappa shape index (κ1) is 14.4. The zero-order valence-electron chi connectivity index (χ0n) is 11.2. The molecule has 1 aromatic heterocycles. The van der Waals surface area contributed by atoms with Gasteiger partial charge in [-0.25, -0.2) is 9.97 Å². The van der Waals surface area contributed by atoms with Crippen molar-refractivity contribution >= 4 is 21.7 Å². The van der Waals surface area contributed by atoms with E-state index in [1.165, 1.54) is 0 Å². The summed E-state index contributed by atoms with van der Waals surface area (Å²) < 4.78 is 0. The van der Waals surface area contributed by atoms with Crippen molar-refractivity contribution < 1.29 is 0 Å². The summed E-state index contributed by atoms with van der Waals surface area (Å²) in [7, 11) is 0. The lowest BCUT2D eigenvalue weighted by atomic mass is 10.1. The van der Waals surface area contributed by atoms with Crippen molar-refractivity contribution in [2.24, 2.45) is 0 Å².